The SMILES string of the molecule is CC1=[C-]C(C)C(C)=C1C.C[C](C)=[Ti+].Cc1cc(O)cc([Si](C)(C)C)c1.Cl.Cl. The molecule has 0 fully saturated rings. The van der Waals surface area contributed by atoms with E-state index < -0.39 is 8.07 Å². The number of hydrogen-bond acceptors (Lipinski definition) is 1. The van der Waals surface area contributed by atoms with Crippen molar-refractivity contribution >= 4 is 41.9 Å². The molecule has 1 aromatic carbocycles. The molecule has 1 atom stereocenters. The Kier molecular flexibility index (Phi) is 16.3. The Morgan fingerprint density at radius 2 is 1.44 bits per heavy atom. The van der Waals surface area contributed by atoms with Gasteiger partial charge in [0.25, 0.3) is 0 Å². The van der Waals surface area contributed by atoms with Gasteiger partial charge < -0.3 is 5.11 Å². The third-order valence-corrected chi connectivity index (χ3v) is 6.19. The van der Waals surface area contributed by atoms with Crippen molar-refractivity contribution in [2.75, 3.05) is 0 Å². The molecule has 5 heteroatoms. The largest absolute Gasteiger partial charge is 0.508 e. The van der Waals surface area contributed by atoms with Gasteiger partial charge in [0, 0.05) is 0 Å². The van der Waals surface area contributed by atoms with Gasteiger partial charge in [-0.25, -0.2) is 5.57 Å². The van der Waals surface area contributed by atoms with Crippen LogP contribution in [0.4, 0.5) is 0 Å². The topological polar surface area (TPSA) is 20.2 Å². The van der Waals surface area contributed by atoms with E-state index in [1.165, 1.54) is 25.7 Å². The van der Waals surface area contributed by atoms with Gasteiger partial charge in [0.15, 0.2) is 0 Å². The van der Waals surface area contributed by atoms with E-state index in [0.717, 1.165) is 5.56 Å². The maximum Gasteiger partial charge on any atom is 0.115 e. The number of phenolic OH excluding ortho intramolecular Hbond substituents is 1. The van der Waals surface area contributed by atoms with Crippen LogP contribution in [-0.4, -0.2) is 17.0 Å². The van der Waals surface area contributed by atoms with Crippen LogP contribution < -0.4 is 5.19 Å². The number of hydrogen-bond donors (Lipinski definition) is 1. The van der Waals surface area contributed by atoms with Crippen LogP contribution in [0.5, 0.6) is 5.75 Å². The average molecular weight is 464 g/mol. The first kappa shape index (κ1) is 31.6. The van der Waals surface area contributed by atoms with Crippen molar-refractivity contribution in [3.8, 4) is 5.75 Å². The van der Waals surface area contributed by atoms with Gasteiger partial charge in [0.05, 0.1) is 8.07 Å². The van der Waals surface area contributed by atoms with Crippen LogP contribution in [0, 0.1) is 18.9 Å². The molecule has 0 bridgehead atoms. The van der Waals surface area contributed by atoms with Crippen LogP contribution in [0.1, 0.15) is 47.1 Å². The first-order chi connectivity index (χ1) is 11.3. The van der Waals surface area contributed by atoms with E-state index in [-0.39, 0.29) is 24.8 Å². The summed E-state index contributed by atoms with van der Waals surface area (Å²) in [4.78, 5) is 0. The van der Waals surface area contributed by atoms with Crippen molar-refractivity contribution in [2.45, 2.75) is 68.1 Å². The van der Waals surface area contributed by atoms with E-state index in [1.54, 1.807) is 6.07 Å². The molecule has 0 saturated carbocycles. The van der Waals surface area contributed by atoms with Crippen LogP contribution in [0.3, 0.4) is 0 Å². The summed E-state index contributed by atoms with van der Waals surface area (Å²) in [6.45, 7) is 21.7. The maximum atomic E-state index is 9.38. The van der Waals surface area contributed by atoms with Crippen LogP contribution in [0.25, 0.3) is 0 Å². The Morgan fingerprint density at radius 1 is 1.00 bits per heavy atom. The second-order valence-electron chi connectivity index (χ2n) is 8.11. The summed E-state index contributed by atoms with van der Waals surface area (Å²) in [5, 5.41) is 10.7. The normalized spacial score (nSPS) is 15.3. The minimum atomic E-state index is -1.26. The molecule has 0 aliphatic heterocycles. The smallest absolute Gasteiger partial charge is 0.115 e. The molecule has 0 saturated heterocycles. The fourth-order valence-electron chi connectivity index (χ4n) is 2.36. The molecule has 0 spiro atoms. The van der Waals surface area contributed by atoms with Crippen LogP contribution in [0.15, 0.2) is 34.9 Å². The number of phenols is 1. The monoisotopic (exact) mass is 463 g/mol. The van der Waals surface area contributed by atoms with Crippen molar-refractivity contribution in [3.05, 3.63) is 46.6 Å². The number of benzene rings is 1. The van der Waals surface area contributed by atoms with E-state index in [2.05, 4.69) is 93.3 Å². The summed E-state index contributed by atoms with van der Waals surface area (Å²) in [5.74, 6) is 0.956. The molecule has 0 amide bonds. The van der Waals surface area contributed by atoms with Gasteiger partial charge in [-0.2, -0.15) is 11.1 Å². The number of halogens is 2. The molecule has 0 heterocycles. The number of aromatic hydroxyl groups is 1. The molecule has 1 N–H and O–H groups in total. The summed E-state index contributed by atoms with van der Waals surface area (Å²) in [7, 11) is -1.26. The zero-order valence-corrected chi connectivity index (χ0v) is 22.8. The van der Waals surface area contributed by atoms with E-state index in [9.17, 15) is 5.11 Å². The van der Waals surface area contributed by atoms with E-state index in [4.69, 9.17) is 0 Å². The maximum absolute atomic E-state index is 9.38. The summed E-state index contributed by atoms with van der Waals surface area (Å²) >= 11 is 2.08. The van der Waals surface area contributed by atoms with Crippen LogP contribution in [-0.2, 0) is 20.0 Å². The standard InChI is InChI=1S/C10H16OSi.C9H13.C3H6.2ClH.Ti/c1-8-5-9(11)7-10(6-8)12(2,3)4;1-6-5-7(2)9(4)8(6)3;1-3-2;;;/h5-7,11H,1-4H3;6H,1-4H3;1-2H3;2*1H;/q;-1;;;;+1. The van der Waals surface area contributed by atoms with Gasteiger partial charge in [0.2, 0.25) is 0 Å². The summed E-state index contributed by atoms with van der Waals surface area (Å²) in [6, 6.07) is 5.86. The molecule has 1 unspecified atom stereocenters. The first-order valence-electron chi connectivity index (χ1n) is 8.86. The molecule has 0 aromatic heterocycles. The minimum Gasteiger partial charge on any atom is -0.508 e. The van der Waals surface area contributed by atoms with Crippen molar-refractivity contribution in [1.29, 1.82) is 0 Å². The van der Waals surface area contributed by atoms with Gasteiger partial charge in [-0.1, -0.05) is 57.6 Å². The fraction of sp³-hybridized carbons (Fsp3) is 0.500. The second kappa shape index (κ2) is 14.0. The molecule has 1 aromatic rings. The molecular weight excluding hydrogens is 427 g/mol. The predicted molar refractivity (Wildman–Crippen MR) is 127 cm³/mol. The third-order valence-electron chi connectivity index (χ3n) is 4.16. The molecular formula is C22H37Cl2OSiTi. The van der Waals surface area contributed by atoms with Crippen molar-refractivity contribution in [2.24, 2.45) is 5.92 Å². The molecule has 2 rings (SSSR count). The first-order valence-corrected chi connectivity index (χ1v) is 13.1. The number of aryl methyl sites for hydroxylation is 1. The second-order valence-corrected chi connectivity index (χ2v) is 14.7. The predicted octanol–water partition coefficient (Wildman–Crippen LogP) is 6.56. The van der Waals surface area contributed by atoms with Gasteiger partial charge in [-0.3, -0.25) is 6.08 Å². The van der Waals surface area contributed by atoms with Crippen LogP contribution in [0.2, 0.25) is 19.6 Å². The Morgan fingerprint density at radius 3 is 1.67 bits per heavy atom. The molecule has 1 aliphatic carbocycles. The molecule has 1 nitrogen and oxygen atoms in total. The zero-order chi connectivity index (χ0) is 19.9. The minimum absolute atomic E-state index is 0. The Hall–Kier alpha value is -0.119. The summed E-state index contributed by atoms with van der Waals surface area (Å²) in [5.41, 5.74) is 5.39. The van der Waals surface area contributed by atoms with Gasteiger partial charge in [-0.15, -0.1) is 31.7 Å². The summed E-state index contributed by atoms with van der Waals surface area (Å²) < 4.78 is 1.42. The molecule has 153 valence electrons. The van der Waals surface area contributed by atoms with E-state index in [1.807, 2.05) is 13.0 Å². The van der Waals surface area contributed by atoms with Crippen LogP contribution >= 0.6 is 24.8 Å². The Balaban J connectivity index is -0.000000343. The quantitative estimate of drug-likeness (QED) is 0.369. The average Bonchev–Trinajstić information content (AvgIpc) is 2.63. The fourth-order valence-corrected chi connectivity index (χ4v) is 3.60. The molecule has 0 radical (unpaired) electrons. The number of allylic oxidation sites excluding steroid dienone is 4. The van der Waals surface area contributed by atoms with Crippen molar-refractivity contribution in [3.63, 3.8) is 0 Å². The Bertz CT molecular complexity index is 649. The van der Waals surface area contributed by atoms with E-state index in [0.29, 0.717) is 11.7 Å². The van der Waals surface area contributed by atoms with Gasteiger partial charge in [-0.05, 0) is 24.6 Å². The van der Waals surface area contributed by atoms with Gasteiger partial charge in [0.1, 0.15) is 5.75 Å². The number of rotatable bonds is 1. The van der Waals surface area contributed by atoms with Crippen molar-refractivity contribution in [1.82, 2.24) is 0 Å². The van der Waals surface area contributed by atoms with Gasteiger partial charge >= 0.3 is 37.6 Å². The Labute approximate surface area is 192 Å². The molecule has 1 aliphatic rings. The van der Waals surface area contributed by atoms with E-state index >= 15 is 0 Å². The summed E-state index contributed by atoms with van der Waals surface area (Å²) in [6.07, 6.45) is 3.36. The third kappa shape index (κ3) is 12.9. The van der Waals surface area contributed by atoms with Crippen molar-refractivity contribution < 1.29 is 25.1 Å². The molecule has 27 heavy (non-hydrogen) atoms. The zero-order valence-electron chi connectivity index (χ0n) is 18.6.